The van der Waals surface area contributed by atoms with E-state index in [1.807, 2.05) is 28.5 Å². The van der Waals surface area contributed by atoms with Crippen LogP contribution in [0.3, 0.4) is 0 Å². The van der Waals surface area contributed by atoms with E-state index in [2.05, 4.69) is 6.58 Å². The molecule has 0 N–H and O–H groups in total. The number of nitrogens with zero attached hydrogens (tertiary/aromatic N) is 2. The lowest BCUT2D eigenvalue weighted by molar-refractivity contribution is 0.398. The van der Waals surface area contributed by atoms with Gasteiger partial charge in [-0.2, -0.15) is 0 Å². The second-order valence-corrected chi connectivity index (χ2v) is 5.77. The van der Waals surface area contributed by atoms with Crippen molar-refractivity contribution < 1.29 is 9.47 Å². The van der Waals surface area contributed by atoms with Gasteiger partial charge in [0.15, 0.2) is 5.11 Å². The SMILES string of the molecule is C=CCN1C(=S)c2c(C)c3c(OC)cc(OC)cc3n2C1=S. The van der Waals surface area contributed by atoms with Gasteiger partial charge in [0.2, 0.25) is 0 Å². The van der Waals surface area contributed by atoms with Crippen molar-refractivity contribution in [1.82, 2.24) is 9.47 Å². The molecule has 114 valence electrons. The largest absolute Gasteiger partial charge is 0.497 e. The molecule has 1 aromatic heterocycles. The number of fused-ring (bicyclic) bond motifs is 3. The normalized spacial score (nSPS) is 13.7. The zero-order chi connectivity index (χ0) is 16.0. The summed E-state index contributed by atoms with van der Waals surface area (Å²) < 4.78 is 12.9. The first-order valence-corrected chi connectivity index (χ1v) is 7.60. The molecular weight excluding hydrogens is 316 g/mol. The van der Waals surface area contributed by atoms with Crippen LogP contribution in [0.1, 0.15) is 11.3 Å². The maximum Gasteiger partial charge on any atom is 0.186 e. The zero-order valence-electron chi connectivity index (χ0n) is 12.7. The van der Waals surface area contributed by atoms with Crippen LogP contribution in [0.4, 0.5) is 0 Å². The molecule has 4 nitrogen and oxygen atoms in total. The van der Waals surface area contributed by atoms with Crippen LogP contribution >= 0.6 is 24.4 Å². The fourth-order valence-electron chi connectivity index (χ4n) is 2.90. The Bertz CT molecular complexity index is 823. The zero-order valence-corrected chi connectivity index (χ0v) is 14.3. The van der Waals surface area contributed by atoms with Crippen molar-refractivity contribution in [2.45, 2.75) is 6.92 Å². The second kappa shape index (κ2) is 5.37. The minimum absolute atomic E-state index is 0.599. The van der Waals surface area contributed by atoms with Crippen LogP contribution in [0.15, 0.2) is 24.8 Å². The summed E-state index contributed by atoms with van der Waals surface area (Å²) in [7, 11) is 3.28. The van der Waals surface area contributed by atoms with Crippen LogP contribution in [-0.2, 0) is 0 Å². The Balaban J connectivity index is 2.36. The van der Waals surface area contributed by atoms with Crippen molar-refractivity contribution in [2.24, 2.45) is 0 Å². The Kier molecular flexibility index (Phi) is 3.66. The maximum atomic E-state index is 5.61. The van der Waals surface area contributed by atoms with Crippen LogP contribution in [0, 0.1) is 6.92 Å². The van der Waals surface area contributed by atoms with E-state index < -0.39 is 0 Å². The van der Waals surface area contributed by atoms with Gasteiger partial charge >= 0.3 is 0 Å². The molecule has 0 aliphatic carbocycles. The van der Waals surface area contributed by atoms with E-state index >= 15 is 0 Å². The number of aryl methyl sites for hydroxylation is 1. The summed E-state index contributed by atoms with van der Waals surface area (Å²) in [4.78, 5) is 2.63. The molecule has 1 aromatic carbocycles. The molecule has 0 spiro atoms. The topological polar surface area (TPSA) is 26.6 Å². The number of rotatable bonds is 4. The van der Waals surface area contributed by atoms with E-state index in [4.69, 9.17) is 33.9 Å². The Morgan fingerprint density at radius 1 is 1.23 bits per heavy atom. The number of thiocarbonyl (C=S) groups is 2. The van der Waals surface area contributed by atoms with Crippen molar-refractivity contribution in [3.63, 3.8) is 0 Å². The fraction of sp³-hybridized carbons (Fsp3) is 0.250. The molecule has 2 heterocycles. The first kappa shape index (κ1) is 15.0. The quantitative estimate of drug-likeness (QED) is 0.632. The molecule has 0 radical (unpaired) electrons. The number of benzene rings is 1. The summed E-state index contributed by atoms with van der Waals surface area (Å²) in [5.74, 6) is 1.48. The molecule has 0 fully saturated rings. The van der Waals surface area contributed by atoms with Gasteiger partial charge in [0.25, 0.3) is 0 Å². The molecule has 0 unspecified atom stereocenters. The lowest BCUT2D eigenvalue weighted by Crippen LogP contribution is -2.30. The highest BCUT2D eigenvalue weighted by atomic mass is 32.1. The minimum Gasteiger partial charge on any atom is -0.497 e. The third kappa shape index (κ3) is 1.87. The number of ether oxygens (including phenoxy) is 2. The molecule has 1 aliphatic heterocycles. The van der Waals surface area contributed by atoms with E-state index in [0.717, 1.165) is 38.6 Å². The highest BCUT2D eigenvalue weighted by Gasteiger charge is 2.34. The number of hydrogen-bond donors (Lipinski definition) is 0. The third-order valence-electron chi connectivity index (χ3n) is 3.89. The van der Waals surface area contributed by atoms with Gasteiger partial charge in [-0.15, -0.1) is 6.58 Å². The van der Waals surface area contributed by atoms with Crippen LogP contribution in [0.5, 0.6) is 11.5 Å². The maximum absolute atomic E-state index is 5.61. The summed E-state index contributed by atoms with van der Waals surface area (Å²) in [6.07, 6.45) is 1.80. The van der Waals surface area contributed by atoms with Crippen LogP contribution in [-0.4, -0.2) is 40.3 Å². The lowest BCUT2D eigenvalue weighted by Gasteiger charge is -2.16. The molecule has 0 atom stereocenters. The van der Waals surface area contributed by atoms with Crippen molar-refractivity contribution in [2.75, 3.05) is 20.8 Å². The summed E-state index contributed by atoms with van der Waals surface area (Å²) in [5, 5.41) is 1.68. The second-order valence-electron chi connectivity index (χ2n) is 5.02. The summed E-state index contributed by atoms with van der Waals surface area (Å²) in [6.45, 7) is 6.41. The van der Waals surface area contributed by atoms with Crippen molar-refractivity contribution in [3.8, 4) is 11.5 Å². The molecule has 1 aliphatic rings. The Labute approximate surface area is 139 Å². The highest BCUT2D eigenvalue weighted by Crippen LogP contribution is 2.39. The number of hydrogen-bond acceptors (Lipinski definition) is 4. The van der Waals surface area contributed by atoms with E-state index in [9.17, 15) is 0 Å². The van der Waals surface area contributed by atoms with Gasteiger partial charge in [0, 0.05) is 24.1 Å². The van der Waals surface area contributed by atoms with E-state index in [-0.39, 0.29) is 0 Å². The Morgan fingerprint density at radius 3 is 2.55 bits per heavy atom. The van der Waals surface area contributed by atoms with Gasteiger partial charge in [0.1, 0.15) is 16.5 Å². The van der Waals surface area contributed by atoms with E-state index in [1.54, 1.807) is 20.3 Å². The first-order valence-electron chi connectivity index (χ1n) is 6.79. The summed E-state index contributed by atoms with van der Waals surface area (Å²) in [5.41, 5.74) is 2.96. The highest BCUT2D eigenvalue weighted by molar-refractivity contribution is 7.82. The average molecular weight is 332 g/mol. The van der Waals surface area contributed by atoms with Gasteiger partial charge in [-0.3, -0.25) is 4.57 Å². The van der Waals surface area contributed by atoms with Crippen LogP contribution < -0.4 is 9.47 Å². The molecule has 0 saturated heterocycles. The number of aromatic nitrogens is 1. The monoisotopic (exact) mass is 332 g/mol. The standard InChI is InChI=1S/C16H16N2O2S2/c1-5-6-17-15(21)14-9(2)13-11(18(14)16(17)22)7-10(19-3)8-12(13)20-4/h5,7-8H,1,6H2,2-4H3. The summed E-state index contributed by atoms with van der Waals surface area (Å²) in [6, 6.07) is 3.83. The predicted octanol–water partition coefficient (Wildman–Crippen LogP) is 3.28. The average Bonchev–Trinajstić information content (AvgIpc) is 2.95. The van der Waals surface area contributed by atoms with Crippen molar-refractivity contribution in [3.05, 3.63) is 36.0 Å². The Morgan fingerprint density at radius 2 is 1.95 bits per heavy atom. The van der Waals surface area contributed by atoms with Gasteiger partial charge in [-0.1, -0.05) is 18.3 Å². The van der Waals surface area contributed by atoms with Gasteiger partial charge in [-0.05, 0) is 24.7 Å². The summed E-state index contributed by atoms with van der Waals surface area (Å²) >= 11 is 11.2. The van der Waals surface area contributed by atoms with Crippen LogP contribution in [0.25, 0.3) is 10.9 Å². The van der Waals surface area contributed by atoms with E-state index in [0.29, 0.717) is 11.7 Å². The molecule has 3 rings (SSSR count). The van der Waals surface area contributed by atoms with Gasteiger partial charge in [0.05, 0.1) is 25.4 Å². The fourth-order valence-corrected chi connectivity index (χ4v) is 3.71. The van der Waals surface area contributed by atoms with Gasteiger partial charge in [-0.25, -0.2) is 0 Å². The molecule has 22 heavy (non-hydrogen) atoms. The number of methoxy groups -OCH3 is 2. The molecule has 2 aromatic rings. The molecular formula is C16H16N2O2S2. The third-order valence-corrected chi connectivity index (χ3v) is 4.70. The molecule has 6 heteroatoms. The van der Waals surface area contributed by atoms with Crippen LogP contribution in [0.2, 0.25) is 0 Å². The minimum atomic E-state index is 0.599. The Hall–Kier alpha value is -1.92. The molecule has 0 saturated carbocycles. The molecule has 0 bridgehead atoms. The van der Waals surface area contributed by atoms with Crippen molar-refractivity contribution in [1.29, 1.82) is 0 Å². The van der Waals surface area contributed by atoms with Gasteiger partial charge < -0.3 is 14.4 Å². The predicted molar refractivity (Wildman–Crippen MR) is 96.4 cm³/mol. The van der Waals surface area contributed by atoms with E-state index in [1.165, 1.54) is 0 Å². The first-order chi connectivity index (χ1) is 10.5. The lowest BCUT2D eigenvalue weighted by atomic mass is 10.1. The smallest absolute Gasteiger partial charge is 0.186 e. The van der Waals surface area contributed by atoms with Crippen molar-refractivity contribution >= 4 is 45.4 Å². The molecule has 0 amide bonds.